The van der Waals surface area contributed by atoms with E-state index in [0.717, 1.165) is 16.5 Å². The van der Waals surface area contributed by atoms with Crippen LogP contribution in [-0.4, -0.2) is 21.6 Å². The van der Waals surface area contributed by atoms with Crippen molar-refractivity contribution in [3.05, 3.63) is 74.8 Å². The van der Waals surface area contributed by atoms with E-state index in [2.05, 4.69) is 13.8 Å². The van der Waals surface area contributed by atoms with Crippen LogP contribution in [0.1, 0.15) is 51.6 Å². The minimum Gasteiger partial charge on any atom is -0.270 e. The molecule has 6 nitrogen and oxygen atoms in total. The normalized spacial score (nSPS) is 13.5. The molecular formula is C18H16N2O4. The molecule has 1 heterocycles. The third-order valence-corrected chi connectivity index (χ3v) is 4.15. The quantitative estimate of drug-likeness (QED) is 0.489. The molecule has 0 saturated heterocycles. The van der Waals surface area contributed by atoms with Gasteiger partial charge in [0.25, 0.3) is 17.5 Å². The fraction of sp³-hybridized carbons (Fsp3) is 0.222. The number of imide groups is 1. The number of hydrogen-bond donors (Lipinski definition) is 0. The zero-order chi connectivity index (χ0) is 17.4. The van der Waals surface area contributed by atoms with E-state index in [4.69, 9.17) is 0 Å². The van der Waals surface area contributed by atoms with Crippen LogP contribution in [0.5, 0.6) is 0 Å². The fourth-order valence-electron chi connectivity index (χ4n) is 2.73. The Labute approximate surface area is 138 Å². The van der Waals surface area contributed by atoms with Crippen LogP contribution in [-0.2, 0) is 6.54 Å². The number of fused-ring (bicyclic) bond motifs is 1. The third kappa shape index (κ3) is 2.67. The number of nitrogens with zero attached hydrogens (tertiary/aromatic N) is 2. The molecule has 6 heteroatoms. The van der Waals surface area contributed by atoms with Crippen LogP contribution in [0.3, 0.4) is 0 Å². The van der Waals surface area contributed by atoms with Gasteiger partial charge in [0, 0.05) is 12.1 Å². The molecule has 0 saturated carbocycles. The van der Waals surface area contributed by atoms with Crippen molar-refractivity contribution in [1.82, 2.24) is 4.90 Å². The molecule has 122 valence electrons. The van der Waals surface area contributed by atoms with Crippen molar-refractivity contribution < 1.29 is 14.5 Å². The maximum absolute atomic E-state index is 12.4. The van der Waals surface area contributed by atoms with Gasteiger partial charge >= 0.3 is 0 Å². The van der Waals surface area contributed by atoms with E-state index < -0.39 is 16.7 Å². The van der Waals surface area contributed by atoms with Gasteiger partial charge in [-0.1, -0.05) is 38.1 Å². The fourth-order valence-corrected chi connectivity index (χ4v) is 2.73. The second-order valence-corrected chi connectivity index (χ2v) is 6.08. The summed E-state index contributed by atoms with van der Waals surface area (Å²) >= 11 is 0. The summed E-state index contributed by atoms with van der Waals surface area (Å²) in [4.78, 5) is 36.2. The molecule has 1 aliphatic rings. The van der Waals surface area contributed by atoms with E-state index in [0.29, 0.717) is 5.92 Å². The van der Waals surface area contributed by atoms with Crippen LogP contribution in [0, 0.1) is 10.1 Å². The van der Waals surface area contributed by atoms with Gasteiger partial charge in [0.1, 0.15) is 0 Å². The second kappa shape index (κ2) is 5.88. The lowest BCUT2D eigenvalue weighted by Gasteiger charge is -2.14. The van der Waals surface area contributed by atoms with E-state index in [1.807, 2.05) is 24.3 Å². The van der Waals surface area contributed by atoms with Gasteiger partial charge < -0.3 is 0 Å². The van der Waals surface area contributed by atoms with Crippen LogP contribution in [0.25, 0.3) is 0 Å². The van der Waals surface area contributed by atoms with Crippen molar-refractivity contribution in [3.63, 3.8) is 0 Å². The van der Waals surface area contributed by atoms with E-state index >= 15 is 0 Å². The van der Waals surface area contributed by atoms with E-state index in [-0.39, 0.29) is 23.4 Å². The minimum absolute atomic E-state index is 0.0907. The summed E-state index contributed by atoms with van der Waals surface area (Å²) in [6.07, 6.45) is 0. The summed E-state index contributed by atoms with van der Waals surface area (Å²) in [6.45, 7) is 4.33. The topological polar surface area (TPSA) is 80.5 Å². The summed E-state index contributed by atoms with van der Waals surface area (Å²) in [5.74, 6) is -0.511. The molecule has 3 rings (SSSR count). The van der Waals surface area contributed by atoms with Crippen molar-refractivity contribution in [3.8, 4) is 0 Å². The Hall–Kier alpha value is -3.02. The Kier molecular flexibility index (Phi) is 3.89. The Balaban J connectivity index is 1.86. The molecule has 0 bridgehead atoms. The van der Waals surface area contributed by atoms with Gasteiger partial charge in [-0.3, -0.25) is 24.6 Å². The SMILES string of the molecule is CC(C)c1ccc(CN2C(=O)c3ccc([N+](=O)[O-])cc3C2=O)cc1. The summed E-state index contributed by atoms with van der Waals surface area (Å²) in [7, 11) is 0. The van der Waals surface area contributed by atoms with Crippen LogP contribution < -0.4 is 0 Å². The third-order valence-electron chi connectivity index (χ3n) is 4.15. The summed E-state index contributed by atoms with van der Waals surface area (Å²) in [5.41, 5.74) is 2.12. The highest BCUT2D eigenvalue weighted by molar-refractivity contribution is 6.21. The van der Waals surface area contributed by atoms with Gasteiger partial charge in [0.05, 0.1) is 22.6 Å². The minimum atomic E-state index is -0.578. The van der Waals surface area contributed by atoms with Crippen molar-refractivity contribution in [2.75, 3.05) is 0 Å². The van der Waals surface area contributed by atoms with Crippen LogP contribution >= 0.6 is 0 Å². The molecule has 0 unspecified atom stereocenters. The van der Waals surface area contributed by atoms with Crippen LogP contribution in [0.4, 0.5) is 5.69 Å². The Morgan fingerprint density at radius 2 is 1.62 bits per heavy atom. The summed E-state index contributed by atoms with van der Waals surface area (Å²) < 4.78 is 0. The van der Waals surface area contributed by atoms with E-state index in [9.17, 15) is 19.7 Å². The van der Waals surface area contributed by atoms with Gasteiger partial charge in [-0.05, 0) is 23.1 Å². The van der Waals surface area contributed by atoms with Crippen molar-refractivity contribution in [2.45, 2.75) is 26.3 Å². The highest BCUT2D eigenvalue weighted by atomic mass is 16.6. The molecule has 1 aliphatic heterocycles. The standard InChI is InChI=1S/C18H16N2O4/c1-11(2)13-5-3-12(4-6-13)10-19-17(21)15-8-7-14(20(23)24)9-16(15)18(19)22/h3-9,11H,10H2,1-2H3. The Bertz CT molecular complexity index is 841. The molecule has 2 aromatic rings. The molecule has 0 fully saturated rings. The van der Waals surface area contributed by atoms with E-state index in [1.54, 1.807) is 0 Å². The first-order valence-electron chi connectivity index (χ1n) is 7.62. The molecular weight excluding hydrogens is 308 g/mol. The summed E-state index contributed by atoms with van der Waals surface area (Å²) in [5, 5.41) is 10.8. The van der Waals surface area contributed by atoms with Gasteiger partial charge in [-0.25, -0.2) is 0 Å². The van der Waals surface area contributed by atoms with Gasteiger partial charge in [0.2, 0.25) is 0 Å². The molecule has 24 heavy (non-hydrogen) atoms. The predicted molar refractivity (Wildman–Crippen MR) is 87.8 cm³/mol. The average molecular weight is 324 g/mol. The molecule has 0 N–H and O–H groups in total. The molecule has 0 radical (unpaired) electrons. The molecule has 2 aromatic carbocycles. The highest BCUT2D eigenvalue weighted by Crippen LogP contribution is 2.28. The maximum Gasteiger partial charge on any atom is 0.270 e. The first-order valence-corrected chi connectivity index (χ1v) is 7.62. The number of amides is 2. The van der Waals surface area contributed by atoms with Gasteiger partial charge in [0.15, 0.2) is 0 Å². The second-order valence-electron chi connectivity index (χ2n) is 6.08. The maximum atomic E-state index is 12.4. The molecule has 2 amide bonds. The Morgan fingerprint density at radius 3 is 2.21 bits per heavy atom. The number of benzene rings is 2. The number of rotatable bonds is 4. The largest absolute Gasteiger partial charge is 0.270 e. The highest BCUT2D eigenvalue weighted by Gasteiger charge is 2.36. The number of non-ortho nitro benzene ring substituents is 1. The lowest BCUT2D eigenvalue weighted by molar-refractivity contribution is -0.384. The van der Waals surface area contributed by atoms with Crippen molar-refractivity contribution in [2.24, 2.45) is 0 Å². The lowest BCUT2D eigenvalue weighted by Crippen LogP contribution is -2.29. The average Bonchev–Trinajstić information content (AvgIpc) is 2.80. The van der Waals surface area contributed by atoms with Crippen molar-refractivity contribution in [1.29, 1.82) is 0 Å². The van der Waals surface area contributed by atoms with E-state index in [1.165, 1.54) is 17.7 Å². The molecule has 0 aliphatic carbocycles. The monoisotopic (exact) mass is 324 g/mol. The lowest BCUT2D eigenvalue weighted by atomic mass is 10.0. The molecule has 0 spiro atoms. The molecule has 0 aromatic heterocycles. The van der Waals surface area contributed by atoms with Crippen molar-refractivity contribution >= 4 is 17.5 Å². The number of nitro groups is 1. The predicted octanol–water partition coefficient (Wildman–Crippen LogP) is 3.51. The van der Waals surface area contributed by atoms with Crippen LogP contribution in [0.2, 0.25) is 0 Å². The number of carbonyl (C=O) groups is 2. The number of hydrogen-bond acceptors (Lipinski definition) is 4. The van der Waals surface area contributed by atoms with Gasteiger partial charge in [-0.2, -0.15) is 0 Å². The first-order chi connectivity index (χ1) is 11.4. The Morgan fingerprint density at radius 1 is 1.00 bits per heavy atom. The first kappa shape index (κ1) is 15.9. The zero-order valence-electron chi connectivity index (χ0n) is 13.4. The summed E-state index contributed by atoms with van der Waals surface area (Å²) in [6, 6.07) is 11.5. The number of nitro benzene ring substituents is 1. The smallest absolute Gasteiger partial charge is 0.270 e. The van der Waals surface area contributed by atoms with Gasteiger partial charge in [-0.15, -0.1) is 0 Å². The number of carbonyl (C=O) groups excluding carboxylic acids is 2. The molecule has 0 atom stereocenters. The van der Waals surface area contributed by atoms with Crippen LogP contribution in [0.15, 0.2) is 42.5 Å². The zero-order valence-corrected chi connectivity index (χ0v) is 13.4.